The van der Waals surface area contributed by atoms with E-state index in [1.807, 2.05) is 6.92 Å². The Balaban J connectivity index is 3.21. The normalized spacial score (nSPS) is 9.30. The Kier molecular flexibility index (Phi) is 1.67. The lowest BCUT2D eigenvalue weighted by Crippen LogP contribution is -1.94. The van der Waals surface area contributed by atoms with Gasteiger partial charge in [0.1, 0.15) is 0 Å². The van der Waals surface area contributed by atoms with Gasteiger partial charge in [0.25, 0.3) is 0 Å². The van der Waals surface area contributed by atoms with Gasteiger partial charge >= 0.3 is 0 Å². The Bertz CT molecular complexity index is 258. The van der Waals surface area contributed by atoms with E-state index in [2.05, 4.69) is 4.98 Å². The van der Waals surface area contributed by atoms with Crippen molar-refractivity contribution >= 4 is 12.0 Å². The van der Waals surface area contributed by atoms with Crippen LogP contribution in [-0.2, 0) is 0 Å². The molecule has 0 spiro atoms. The van der Waals surface area contributed by atoms with Crippen molar-refractivity contribution in [3.8, 4) is 0 Å². The molecule has 0 aliphatic rings. The van der Waals surface area contributed by atoms with Crippen molar-refractivity contribution in [2.24, 2.45) is 0 Å². The molecule has 0 bridgehead atoms. The summed E-state index contributed by atoms with van der Waals surface area (Å²) >= 11 is 0. The summed E-state index contributed by atoms with van der Waals surface area (Å²) in [6.07, 6.45) is 2.21. The van der Waals surface area contributed by atoms with Crippen molar-refractivity contribution in [2.75, 3.05) is 5.73 Å². The third-order valence-corrected chi connectivity index (χ3v) is 1.23. The number of carbonyl (C=O) groups is 1. The molecular weight excluding hydrogens is 128 g/mol. The molecule has 0 saturated carbocycles. The number of nitrogen functional groups attached to an aromatic ring is 1. The van der Waals surface area contributed by atoms with Crippen LogP contribution < -0.4 is 5.73 Å². The average molecular weight is 136 g/mol. The molecule has 0 unspecified atom stereocenters. The number of aldehydes is 1. The third kappa shape index (κ3) is 1.13. The number of carbonyl (C=O) groups excluding carboxylic acids is 1. The Morgan fingerprint density at radius 2 is 2.40 bits per heavy atom. The Morgan fingerprint density at radius 3 is 2.90 bits per heavy atom. The number of nitrogens with two attached hydrogens (primary N) is 1. The molecule has 10 heavy (non-hydrogen) atoms. The molecular formula is C7H8N2O. The summed E-state index contributed by atoms with van der Waals surface area (Å²) in [6, 6.07) is 1.66. The van der Waals surface area contributed by atoms with E-state index in [1.165, 1.54) is 6.20 Å². The molecule has 0 aromatic carbocycles. The maximum Gasteiger partial charge on any atom is 0.152 e. The first kappa shape index (κ1) is 6.74. The lowest BCUT2D eigenvalue weighted by molar-refractivity contribution is 0.112. The minimum Gasteiger partial charge on any atom is -0.397 e. The minimum atomic E-state index is 0.431. The fourth-order valence-corrected chi connectivity index (χ4v) is 0.694. The molecule has 0 aliphatic carbocycles. The highest BCUT2D eigenvalue weighted by Gasteiger charge is 1.96. The summed E-state index contributed by atoms with van der Waals surface area (Å²) in [5.41, 5.74) is 7.15. The molecule has 1 aromatic heterocycles. The molecule has 2 N–H and O–H groups in total. The zero-order valence-corrected chi connectivity index (χ0v) is 5.66. The number of nitrogens with zero attached hydrogens (tertiary/aromatic N) is 1. The molecule has 0 saturated heterocycles. The fraction of sp³-hybridized carbons (Fsp3) is 0.143. The number of pyridine rings is 1. The van der Waals surface area contributed by atoms with Gasteiger partial charge in [-0.2, -0.15) is 0 Å². The van der Waals surface area contributed by atoms with Gasteiger partial charge in [-0.1, -0.05) is 0 Å². The predicted molar refractivity (Wildman–Crippen MR) is 38.8 cm³/mol. The summed E-state index contributed by atoms with van der Waals surface area (Å²) in [5.74, 6) is 0. The Labute approximate surface area is 58.9 Å². The Hall–Kier alpha value is -1.38. The van der Waals surface area contributed by atoms with Crippen LogP contribution >= 0.6 is 0 Å². The second kappa shape index (κ2) is 2.47. The van der Waals surface area contributed by atoms with Crippen LogP contribution in [0.2, 0.25) is 0 Å². The van der Waals surface area contributed by atoms with E-state index in [4.69, 9.17) is 5.73 Å². The van der Waals surface area contributed by atoms with Crippen LogP contribution in [0.15, 0.2) is 12.3 Å². The van der Waals surface area contributed by atoms with Crippen molar-refractivity contribution < 1.29 is 4.79 Å². The van der Waals surface area contributed by atoms with Crippen LogP contribution in [0.5, 0.6) is 0 Å². The number of hydrogen-bond donors (Lipinski definition) is 1. The van der Waals surface area contributed by atoms with E-state index in [-0.39, 0.29) is 0 Å². The van der Waals surface area contributed by atoms with Gasteiger partial charge in [0.15, 0.2) is 6.29 Å². The molecule has 0 aliphatic heterocycles. The van der Waals surface area contributed by atoms with Crippen molar-refractivity contribution in [1.82, 2.24) is 4.98 Å². The zero-order valence-electron chi connectivity index (χ0n) is 5.66. The lowest BCUT2D eigenvalue weighted by Gasteiger charge is -1.96. The molecule has 3 heteroatoms. The fourth-order valence-electron chi connectivity index (χ4n) is 0.694. The highest BCUT2D eigenvalue weighted by Crippen LogP contribution is 2.07. The van der Waals surface area contributed by atoms with Crippen LogP contribution in [0, 0.1) is 6.92 Å². The van der Waals surface area contributed by atoms with Crippen LogP contribution in [0.4, 0.5) is 5.69 Å². The first-order valence-electron chi connectivity index (χ1n) is 2.91. The third-order valence-electron chi connectivity index (χ3n) is 1.23. The topological polar surface area (TPSA) is 56.0 Å². The van der Waals surface area contributed by atoms with Gasteiger partial charge in [-0.05, 0) is 13.0 Å². The molecule has 0 amide bonds. The summed E-state index contributed by atoms with van der Waals surface area (Å²) in [6.45, 7) is 1.81. The molecule has 1 rings (SSSR count). The van der Waals surface area contributed by atoms with Gasteiger partial charge in [0.05, 0.1) is 11.9 Å². The molecule has 52 valence electrons. The monoisotopic (exact) mass is 136 g/mol. The SMILES string of the molecule is Cc1cc(C=O)c(N)cn1. The smallest absolute Gasteiger partial charge is 0.152 e. The number of aromatic nitrogens is 1. The first-order valence-corrected chi connectivity index (χ1v) is 2.91. The second-order valence-electron chi connectivity index (χ2n) is 2.07. The molecule has 0 atom stereocenters. The van der Waals surface area contributed by atoms with Gasteiger partial charge < -0.3 is 5.73 Å². The van der Waals surface area contributed by atoms with E-state index >= 15 is 0 Å². The van der Waals surface area contributed by atoms with E-state index in [0.29, 0.717) is 11.3 Å². The highest BCUT2D eigenvalue weighted by molar-refractivity contribution is 5.82. The summed E-state index contributed by atoms with van der Waals surface area (Å²) in [4.78, 5) is 14.2. The molecule has 0 fully saturated rings. The van der Waals surface area contributed by atoms with E-state index in [9.17, 15) is 4.79 Å². The maximum atomic E-state index is 10.3. The van der Waals surface area contributed by atoms with Crippen LogP contribution in [-0.4, -0.2) is 11.3 Å². The van der Waals surface area contributed by atoms with Crippen LogP contribution in [0.25, 0.3) is 0 Å². The number of anilines is 1. The predicted octanol–water partition coefficient (Wildman–Crippen LogP) is 0.785. The summed E-state index contributed by atoms with van der Waals surface area (Å²) in [5, 5.41) is 0. The van der Waals surface area contributed by atoms with Gasteiger partial charge in [-0.3, -0.25) is 9.78 Å². The molecule has 3 nitrogen and oxygen atoms in total. The highest BCUT2D eigenvalue weighted by atomic mass is 16.1. The van der Waals surface area contributed by atoms with E-state index in [1.54, 1.807) is 6.07 Å². The zero-order chi connectivity index (χ0) is 7.56. The van der Waals surface area contributed by atoms with Gasteiger partial charge in [-0.15, -0.1) is 0 Å². The van der Waals surface area contributed by atoms with Crippen molar-refractivity contribution in [1.29, 1.82) is 0 Å². The van der Waals surface area contributed by atoms with Crippen molar-refractivity contribution in [2.45, 2.75) is 6.92 Å². The van der Waals surface area contributed by atoms with Crippen molar-refractivity contribution in [3.63, 3.8) is 0 Å². The molecule has 1 heterocycles. The average Bonchev–Trinajstić information content (AvgIpc) is 1.94. The largest absolute Gasteiger partial charge is 0.397 e. The number of rotatable bonds is 1. The van der Waals surface area contributed by atoms with E-state index < -0.39 is 0 Å². The summed E-state index contributed by atoms with van der Waals surface area (Å²) < 4.78 is 0. The van der Waals surface area contributed by atoms with Gasteiger partial charge in [0, 0.05) is 11.3 Å². The van der Waals surface area contributed by atoms with E-state index in [0.717, 1.165) is 12.0 Å². The van der Waals surface area contributed by atoms with Crippen molar-refractivity contribution in [3.05, 3.63) is 23.5 Å². The number of aryl methyl sites for hydroxylation is 1. The van der Waals surface area contributed by atoms with Gasteiger partial charge in [0.2, 0.25) is 0 Å². The van der Waals surface area contributed by atoms with Gasteiger partial charge in [-0.25, -0.2) is 0 Å². The quantitative estimate of drug-likeness (QED) is 0.580. The second-order valence-corrected chi connectivity index (χ2v) is 2.07. The maximum absolute atomic E-state index is 10.3. The number of hydrogen-bond acceptors (Lipinski definition) is 3. The van der Waals surface area contributed by atoms with Crippen LogP contribution in [0.1, 0.15) is 16.1 Å². The summed E-state index contributed by atoms with van der Waals surface area (Å²) in [7, 11) is 0. The first-order chi connectivity index (χ1) is 4.74. The Morgan fingerprint density at radius 1 is 1.70 bits per heavy atom. The molecule has 0 radical (unpaired) electrons. The lowest BCUT2D eigenvalue weighted by atomic mass is 10.2. The standard InChI is InChI=1S/C7H8N2O/c1-5-2-6(4-10)7(8)3-9-5/h2-4H,8H2,1H3. The van der Waals surface area contributed by atoms with Crippen LogP contribution in [0.3, 0.4) is 0 Å². The molecule has 1 aromatic rings. The minimum absolute atomic E-state index is 0.431.